The van der Waals surface area contributed by atoms with E-state index in [4.69, 9.17) is 15.2 Å². The van der Waals surface area contributed by atoms with Crippen LogP contribution in [-0.2, 0) is 16.6 Å². The number of rotatable bonds is 6. The van der Waals surface area contributed by atoms with Crippen LogP contribution in [0.1, 0.15) is 36.8 Å². The normalized spacial score (nSPS) is 18.5. The van der Waals surface area contributed by atoms with E-state index >= 15 is 0 Å². The zero-order valence-electron chi connectivity index (χ0n) is 16.2. The van der Waals surface area contributed by atoms with Gasteiger partial charge in [-0.1, -0.05) is 49.2 Å². The van der Waals surface area contributed by atoms with Crippen LogP contribution in [-0.4, -0.2) is 31.7 Å². The van der Waals surface area contributed by atoms with Gasteiger partial charge in [0.1, 0.15) is 13.2 Å². The Hall–Kier alpha value is -2.53. The fourth-order valence-electron chi connectivity index (χ4n) is 4.34. The molecule has 0 bridgehead atoms. The molecule has 2 aliphatic rings. The van der Waals surface area contributed by atoms with E-state index in [0.29, 0.717) is 26.2 Å². The Balaban J connectivity index is 1.44. The number of hydrogen-bond donors (Lipinski definition) is 2. The fraction of sp³-hybridized carbons (Fsp3) is 0.435. The van der Waals surface area contributed by atoms with Crippen LogP contribution in [0.25, 0.3) is 0 Å². The maximum atomic E-state index is 12.6. The van der Waals surface area contributed by atoms with Gasteiger partial charge in [0.15, 0.2) is 11.5 Å². The monoisotopic (exact) mass is 380 g/mol. The van der Waals surface area contributed by atoms with E-state index in [1.807, 2.05) is 36.4 Å². The highest BCUT2D eigenvalue weighted by atomic mass is 16.6. The number of nitrogens with two attached hydrogens (primary N) is 1. The molecule has 2 aromatic rings. The number of nitrogens with one attached hydrogen (secondary N) is 1. The lowest BCUT2D eigenvalue weighted by Crippen LogP contribution is -2.47. The average Bonchev–Trinajstić information content (AvgIpc) is 3.22. The molecule has 0 saturated heterocycles. The van der Waals surface area contributed by atoms with Gasteiger partial charge >= 0.3 is 0 Å². The summed E-state index contributed by atoms with van der Waals surface area (Å²) in [5, 5.41) is 3.13. The molecular formula is C23H28N2O3. The predicted molar refractivity (Wildman–Crippen MR) is 109 cm³/mol. The Morgan fingerprint density at radius 3 is 2.50 bits per heavy atom. The van der Waals surface area contributed by atoms with E-state index in [0.717, 1.165) is 29.9 Å². The van der Waals surface area contributed by atoms with Crippen LogP contribution in [0.4, 0.5) is 0 Å². The second kappa shape index (κ2) is 8.23. The minimum absolute atomic E-state index is 0.0576. The first kappa shape index (κ1) is 18.8. The van der Waals surface area contributed by atoms with Crippen molar-refractivity contribution in [1.29, 1.82) is 0 Å². The molecule has 0 radical (unpaired) electrons. The van der Waals surface area contributed by atoms with Gasteiger partial charge < -0.3 is 20.5 Å². The van der Waals surface area contributed by atoms with Crippen LogP contribution in [0.2, 0.25) is 0 Å². The van der Waals surface area contributed by atoms with E-state index in [9.17, 15) is 4.79 Å². The zero-order valence-corrected chi connectivity index (χ0v) is 16.2. The van der Waals surface area contributed by atoms with Crippen LogP contribution in [0.3, 0.4) is 0 Å². The Labute approximate surface area is 166 Å². The zero-order chi connectivity index (χ0) is 19.4. The average molecular weight is 380 g/mol. The summed E-state index contributed by atoms with van der Waals surface area (Å²) in [5.74, 6) is 1.52. The largest absolute Gasteiger partial charge is 0.486 e. The van der Waals surface area contributed by atoms with Crippen molar-refractivity contribution >= 4 is 5.91 Å². The summed E-state index contributed by atoms with van der Waals surface area (Å²) in [7, 11) is 0. The van der Waals surface area contributed by atoms with E-state index in [1.165, 1.54) is 18.4 Å². The van der Waals surface area contributed by atoms with Crippen molar-refractivity contribution in [2.24, 2.45) is 5.73 Å². The second-order valence-corrected chi connectivity index (χ2v) is 7.86. The van der Waals surface area contributed by atoms with E-state index in [2.05, 4.69) is 17.4 Å². The number of carbonyl (C=O) groups is 1. The lowest BCUT2D eigenvalue weighted by Gasteiger charge is -2.31. The molecule has 1 heterocycles. The van der Waals surface area contributed by atoms with Crippen molar-refractivity contribution in [3.8, 4) is 11.5 Å². The minimum Gasteiger partial charge on any atom is -0.486 e. The van der Waals surface area contributed by atoms with Gasteiger partial charge in [0, 0.05) is 12.0 Å². The smallest absolute Gasteiger partial charge is 0.237 e. The van der Waals surface area contributed by atoms with Crippen LogP contribution in [0.15, 0.2) is 48.5 Å². The summed E-state index contributed by atoms with van der Waals surface area (Å²) in [6, 6.07) is 15.6. The van der Waals surface area contributed by atoms with Crippen LogP contribution in [0.5, 0.6) is 11.5 Å². The van der Waals surface area contributed by atoms with Crippen molar-refractivity contribution in [3.63, 3.8) is 0 Å². The maximum absolute atomic E-state index is 12.6. The molecule has 2 aromatic carbocycles. The summed E-state index contributed by atoms with van der Waals surface area (Å²) in [6.07, 6.45) is 4.99. The van der Waals surface area contributed by atoms with Crippen molar-refractivity contribution in [3.05, 3.63) is 59.7 Å². The third-order valence-electron chi connectivity index (χ3n) is 5.95. The molecule has 5 nitrogen and oxygen atoms in total. The molecule has 1 saturated carbocycles. The number of fused-ring (bicyclic) bond motifs is 1. The summed E-state index contributed by atoms with van der Waals surface area (Å²) in [6.45, 7) is 1.77. The SMILES string of the molecule is NC(Cc1ccccc1)C(=O)NCC1(c2ccc3c(c2)OCCO3)CCCC1. The first-order chi connectivity index (χ1) is 13.7. The van der Waals surface area contributed by atoms with Gasteiger partial charge in [0.05, 0.1) is 6.04 Å². The first-order valence-corrected chi connectivity index (χ1v) is 10.1. The lowest BCUT2D eigenvalue weighted by molar-refractivity contribution is -0.122. The Morgan fingerprint density at radius 1 is 1.04 bits per heavy atom. The molecule has 1 aliphatic heterocycles. The van der Waals surface area contributed by atoms with Gasteiger partial charge in [-0.3, -0.25) is 4.79 Å². The molecule has 1 aliphatic carbocycles. The highest BCUT2D eigenvalue weighted by Crippen LogP contribution is 2.43. The van der Waals surface area contributed by atoms with Gasteiger partial charge in [-0.25, -0.2) is 0 Å². The molecule has 1 amide bonds. The van der Waals surface area contributed by atoms with E-state index < -0.39 is 6.04 Å². The molecule has 0 spiro atoms. The standard InChI is InChI=1S/C23H28N2O3/c24-19(14-17-6-2-1-3-7-17)22(26)25-16-23(10-4-5-11-23)18-8-9-20-21(15-18)28-13-12-27-20/h1-3,6-9,15,19H,4-5,10-14,16,24H2,(H,25,26). The Kier molecular flexibility index (Phi) is 5.53. The highest BCUT2D eigenvalue weighted by molar-refractivity contribution is 5.82. The van der Waals surface area contributed by atoms with Crippen LogP contribution >= 0.6 is 0 Å². The van der Waals surface area contributed by atoms with Gasteiger partial charge in [-0.05, 0) is 42.5 Å². The summed E-state index contributed by atoms with van der Waals surface area (Å²) in [5.41, 5.74) is 8.39. The van der Waals surface area contributed by atoms with Gasteiger partial charge in [-0.15, -0.1) is 0 Å². The molecule has 1 unspecified atom stereocenters. The molecule has 0 aromatic heterocycles. The molecule has 28 heavy (non-hydrogen) atoms. The number of ether oxygens (including phenoxy) is 2. The molecule has 3 N–H and O–H groups in total. The third kappa shape index (κ3) is 3.99. The van der Waals surface area contributed by atoms with E-state index in [-0.39, 0.29) is 11.3 Å². The lowest BCUT2D eigenvalue weighted by atomic mass is 9.78. The van der Waals surface area contributed by atoms with Crippen LogP contribution < -0.4 is 20.5 Å². The quantitative estimate of drug-likeness (QED) is 0.808. The fourth-order valence-corrected chi connectivity index (χ4v) is 4.34. The van der Waals surface area contributed by atoms with E-state index in [1.54, 1.807) is 0 Å². The predicted octanol–water partition coefficient (Wildman–Crippen LogP) is 2.96. The number of carbonyl (C=O) groups excluding carboxylic acids is 1. The Morgan fingerprint density at radius 2 is 1.75 bits per heavy atom. The van der Waals surface area contributed by atoms with Gasteiger partial charge in [-0.2, -0.15) is 0 Å². The van der Waals surface area contributed by atoms with Gasteiger partial charge in [0.2, 0.25) is 5.91 Å². The molecular weight excluding hydrogens is 352 g/mol. The number of amides is 1. The Bertz CT molecular complexity index is 816. The van der Waals surface area contributed by atoms with Crippen molar-refractivity contribution in [1.82, 2.24) is 5.32 Å². The number of benzene rings is 2. The molecule has 4 rings (SSSR count). The van der Waals surface area contributed by atoms with Crippen LogP contribution in [0, 0.1) is 0 Å². The molecule has 1 atom stereocenters. The summed E-state index contributed by atoms with van der Waals surface area (Å²) < 4.78 is 11.4. The molecule has 5 heteroatoms. The van der Waals surface area contributed by atoms with Gasteiger partial charge in [0.25, 0.3) is 0 Å². The highest BCUT2D eigenvalue weighted by Gasteiger charge is 2.37. The van der Waals surface area contributed by atoms with Crippen molar-refractivity contribution in [2.45, 2.75) is 43.6 Å². The second-order valence-electron chi connectivity index (χ2n) is 7.86. The third-order valence-corrected chi connectivity index (χ3v) is 5.95. The van der Waals surface area contributed by atoms with Crippen molar-refractivity contribution in [2.75, 3.05) is 19.8 Å². The van der Waals surface area contributed by atoms with Crippen molar-refractivity contribution < 1.29 is 14.3 Å². The maximum Gasteiger partial charge on any atom is 0.237 e. The summed E-state index contributed by atoms with van der Waals surface area (Å²) in [4.78, 5) is 12.6. The minimum atomic E-state index is -0.541. The molecule has 1 fully saturated rings. The topological polar surface area (TPSA) is 73.6 Å². The number of hydrogen-bond acceptors (Lipinski definition) is 4. The molecule has 148 valence electrons. The first-order valence-electron chi connectivity index (χ1n) is 10.1. The summed E-state index contributed by atoms with van der Waals surface area (Å²) >= 11 is 0.